The van der Waals surface area contributed by atoms with E-state index in [1.807, 2.05) is 18.2 Å². The van der Waals surface area contributed by atoms with Crippen molar-refractivity contribution in [3.8, 4) is 11.5 Å². The van der Waals surface area contributed by atoms with Crippen molar-refractivity contribution in [1.29, 1.82) is 0 Å². The summed E-state index contributed by atoms with van der Waals surface area (Å²) in [5, 5.41) is 14.2. The summed E-state index contributed by atoms with van der Waals surface area (Å²) in [6.07, 6.45) is 5.63. The van der Waals surface area contributed by atoms with Gasteiger partial charge in [-0.2, -0.15) is 5.10 Å². The molecule has 1 aromatic carbocycles. The molecule has 1 aliphatic carbocycles. The minimum Gasteiger partial charge on any atom is -0.496 e. The number of benzene rings is 1. The molecule has 1 heterocycles. The highest BCUT2D eigenvalue weighted by atomic mass is 16.5. The van der Waals surface area contributed by atoms with Crippen molar-refractivity contribution in [2.45, 2.75) is 31.2 Å². The van der Waals surface area contributed by atoms with E-state index in [1.165, 1.54) is 4.68 Å². The van der Waals surface area contributed by atoms with Gasteiger partial charge in [-0.25, -0.2) is 4.79 Å². The Hall–Kier alpha value is -2.50. The van der Waals surface area contributed by atoms with Crippen LogP contribution in [0.3, 0.4) is 0 Å². The van der Waals surface area contributed by atoms with E-state index in [0.29, 0.717) is 18.6 Å². The van der Waals surface area contributed by atoms with Crippen LogP contribution in [0.15, 0.2) is 30.6 Å². The van der Waals surface area contributed by atoms with Crippen molar-refractivity contribution >= 4 is 5.97 Å². The van der Waals surface area contributed by atoms with Crippen LogP contribution in [0.4, 0.5) is 0 Å². The SMILES string of the molecule is COc1cnn(C2(C(=O)O)CCCc3c(cccc3OC)C2)c1. The van der Waals surface area contributed by atoms with Crippen molar-refractivity contribution in [1.82, 2.24) is 9.78 Å². The molecular weight excluding hydrogens is 296 g/mol. The summed E-state index contributed by atoms with van der Waals surface area (Å²) in [6.45, 7) is 0. The highest BCUT2D eigenvalue weighted by Gasteiger charge is 2.43. The normalized spacial score (nSPS) is 20.4. The first kappa shape index (κ1) is 15.4. The predicted octanol–water partition coefficient (Wildman–Crippen LogP) is 2.26. The Kier molecular flexibility index (Phi) is 3.98. The number of rotatable bonds is 4. The minimum absolute atomic E-state index is 0.375. The van der Waals surface area contributed by atoms with Gasteiger partial charge in [0.25, 0.3) is 0 Å². The first-order valence-electron chi connectivity index (χ1n) is 7.58. The average molecular weight is 316 g/mol. The van der Waals surface area contributed by atoms with Crippen molar-refractivity contribution in [3.63, 3.8) is 0 Å². The molecule has 0 bridgehead atoms. The van der Waals surface area contributed by atoms with Crippen LogP contribution in [0.25, 0.3) is 0 Å². The third kappa shape index (κ3) is 2.54. The number of ether oxygens (including phenoxy) is 2. The van der Waals surface area contributed by atoms with E-state index in [-0.39, 0.29) is 0 Å². The number of nitrogens with zero attached hydrogens (tertiary/aromatic N) is 2. The first-order chi connectivity index (χ1) is 11.1. The number of fused-ring (bicyclic) bond motifs is 1. The van der Waals surface area contributed by atoms with Crippen molar-refractivity contribution in [3.05, 3.63) is 41.7 Å². The Balaban J connectivity index is 2.09. The third-order valence-corrected chi connectivity index (χ3v) is 4.58. The molecule has 1 N–H and O–H groups in total. The topological polar surface area (TPSA) is 73.6 Å². The molecule has 0 saturated heterocycles. The van der Waals surface area contributed by atoms with Crippen LogP contribution >= 0.6 is 0 Å². The molecule has 2 aromatic rings. The summed E-state index contributed by atoms with van der Waals surface area (Å²) in [7, 11) is 3.19. The van der Waals surface area contributed by atoms with Gasteiger partial charge in [0, 0.05) is 6.42 Å². The van der Waals surface area contributed by atoms with Crippen LogP contribution in [-0.4, -0.2) is 35.1 Å². The molecule has 1 aromatic heterocycles. The fourth-order valence-electron chi connectivity index (χ4n) is 3.33. The summed E-state index contributed by atoms with van der Waals surface area (Å²) < 4.78 is 12.1. The van der Waals surface area contributed by atoms with Crippen LogP contribution in [0, 0.1) is 0 Å². The minimum atomic E-state index is -1.10. The molecule has 0 amide bonds. The van der Waals surface area contributed by atoms with E-state index in [9.17, 15) is 9.90 Å². The molecule has 6 heteroatoms. The van der Waals surface area contributed by atoms with Gasteiger partial charge in [0.1, 0.15) is 5.75 Å². The van der Waals surface area contributed by atoms with Crippen molar-refractivity contribution < 1.29 is 19.4 Å². The Morgan fingerprint density at radius 1 is 1.35 bits per heavy atom. The van der Waals surface area contributed by atoms with Crippen LogP contribution in [0.2, 0.25) is 0 Å². The van der Waals surface area contributed by atoms with Gasteiger partial charge in [0.2, 0.25) is 0 Å². The van der Waals surface area contributed by atoms with Gasteiger partial charge in [-0.1, -0.05) is 12.1 Å². The van der Waals surface area contributed by atoms with Gasteiger partial charge >= 0.3 is 5.97 Å². The fourth-order valence-corrected chi connectivity index (χ4v) is 3.33. The molecule has 1 atom stereocenters. The number of hydrogen-bond donors (Lipinski definition) is 1. The molecule has 23 heavy (non-hydrogen) atoms. The number of aromatic nitrogens is 2. The largest absolute Gasteiger partial charge is 0.496 e. The Bertz CT molecular complexity index is 725. The maximum absolute atomic E-state index is 12.2. The lowest BCUT2D eigenvalue weighted by atomic mass is 9.88. The molecule has 0 fully saturated rings. The molecule has 1 unspecified atom stereocenters. The van der Waals surface area contributed by atoms with E-state index in [4.69, 9.17) is 9.47 Å². The zero-order valence-electron chi connectivity index (χ0n) is 13.3. The number of carbonyl (C=O) groups is 1. The Morgan fingerprint density at radius 2 is 2.17 bits per heavy atom. The highest BCUT2D eigenvalue weighted by Crippen LogP contribution is 2.37. The number of carboxylic acids is 1. The van der Waals surface area contributed by atoms with E-state index in [0.717, 1.165) is 29.7 Å². The number of carboxylic acid groups (broad SMARTS) is 1. The fraction of sp³-hybridized carbons (Fsp3) is 0.412. The van der Waals surface area contributed by atoms with Crippen molar-refractivity contribution in [2.75, 3.05) is 14.2 Å². The van der Waals surface area contributed by atoms with E-state index in [2.05, 4.69) is 5.10 Å². The molecular formula is C17H20N2O4. The molecule has 0 radical (unpaired) electrons. The summed E-state index contributed by atoms with van der Waals surface area (Å²) in [5.41, 5.74) is 0.991. The average Bonchev–Trinajstić information content (AvgIpc) is 2.95. The maximum atomic E-state index is 12.2. The molecule has 0 aliphatic heterocycles. The van der Waals surface area contributed by atoms with Gasteiger partial charge < -0.3 is 14.6 Å². The second-order valence-corrected chi connectivity index (χ2v) is 5.79. The van der Waals surface area contributed by atoms with Crippen LogP contribution < -0.4 is 9.47 Å². The summed E-state index contributed by atoms with van der Waals surface area (Å²) in [5.74, 6) is 0.501. The third-order valence-electron chi connectivity index (χ3n) is 4.58. The van der Waals surface area contributed by atoms with Gasteiger partial charge in [-0.05, 0) is 36.5 Å². The maximum Gasteiger partial charge on any atom is 0.332 e. The summed E-state index contributed by atoms with van der Waals surface area (Å²) in [6, 6.07) is 5.80. The molecule has 6 nitrogen and oxygen atoms in total. The lowest BCUT2D eigenvalue weighted by Crippen LogP contribution is -2.44. The predicted molar refractivity (Wildman–Crippen MR) is 84.0 cm³/mol. The lowest BCUT2D eigenvalue weighted by molar-refractivity contribution is -0.148. The zero-order chi connectivity index (χ0) is 16.4. The monoisotopic (exact) mass is 316 g/mol. The standard InChI is InChI=1S/C17H20N2O4/c1-22-13-10-18-19(11-13)17(16(20)21)8-4-6-14-12(9-17)5-3-7-15(14)23-2/h3,5,7,10-11H,4,6,8-9H2,1-2H3,(H,20,21). The number of methoxy groups -OCH3 is 2. The molecule has 0 spiro atoms. The van der Waals surface area contributed by atoms with Gasteiger partial charge in [0.15, 0.2) is 11.3 Å². The van der Waals surface area contributed by atoms with Gasteiger partial charge in [-0.3, -0.25) is 4.68 Å². The zero-order valence-corrected chi connectivity index (χ0v) is 13.3. The smallest absolute Gasteiger partial charge is 0.332 e. The lowest BCUT2D eigenvalue weighted by Gasteiger charge is -2.28. The van der Waals surface area contributed by atoms with Crippen molar-refractivity contribution in [2.24, 2.45) is 0 Å². The Labute approximate surface area is 134 Å². The van der Waals surface area contributed by atoms with Crippen LogP contribution in [0.5, 0.6) is 11.5 Å². The Morgan fingerprint density at radius 3 is 2.83 bits per heavy atom. The molecule has 0 saturated carbocycles. The van der Waals surface area contributed by atoms with Crippen LogP contribution in [-0.2, 0) is 23.2 Å². The van der Waals surface area contributed by atoms with Gasteiger partial charge in [-0.15, -0.1) is 0 Å². The second-order valence-electron chi connectivity index (χ2n) is 5.79. The number of hydrogen-bond acceptors (Lipinski definition) is 4. The highest BCUT2D eigenvalue weighted by molar-refractivity contribution is 5.77. The van der Waals surface area contributed by atoms with Gasteiger partial charge in [0.05, 0.1) is 26.6 Å². The quantitative estimate of drug-likeness (QED) is 0.876. The van der Waals surface area contributed by atoms with E-state index < -0.39 is 11.5 Å². The number of aliphatic carboxylic acids is 1. The summed E-state index contributed by atoms with van der Waals surface area (Å²) in [4.78, 5) is 12.2. The van der Waals surface area contributed by atoms with E-state index >= 15 is 0 Å². The second kappa shape index (κ2) is 5.95. The van der Waals surface area contributed by atoms with E-state index in [1.54, 1.807) is 26.6 Å². The molecule has 122 valence electrons. The first-order valence-corrected chi connectivity index (χ1v) is 7.58. The molecule has 3 rings (SSSR count). The summed E-state index contributed by atoms with van der Waals surface area (Å²) >= 11 is 0. The molecule has 1 aliphatic rings. The van der Waals surface area contributed by atoms with Crippen LogP contribution in [0.1, 0.15) is 24.0 Å².